The third kappa shape index (κ3) is 6.78. The Kier molecular flexibility index (Phi) is 9.14. The second kappa shape index (κ2) is 13.1. The minimum atomic E-state index is -3.86. The average Bonchev–Trinajstić information content (AvgIpc) is 3.52. The highest BCUT2D eigenvalue weighted by atomic mass is 32.2. The van der Waals surface area contributed by atoms with Gasteiger partial charge in [-0.3, -0.25) is 9.59 Å². The Morgan fingerprint density at radius 3 is 2.55 bits per heavy atom. The van der Waals surface area contributed by atoms with Crippen molar-refractivity contribution in [1.82, 2.24) is 14.9 Å². The summed E-state index contributed by atoms with van der Waals surface area (Å²) in [6, 6.07) is 19.0. The van der Waals surface area contributed by atoms with E-state index in [-0.39, 0.29) is 22.3 Å². The molecule has 1 atom stereocenters. The first-order valence-electron chi connectivity index (χ1n) is 13.8. The van der Waals surface area contributed by atoms with E-state index in [9.17, 15) is 18.0 Å². The van der Waals surface area contributed by atoms with Crippen LogP contribution in [0.2, 0.25) is 0 Å². The van der Waals surface area contributed by atoms with Crippen LogP contribution >= 0.6 is 0 Å². The first-order valence-corrected chi connectivity index (χ1v) is 15.5. The van der Waals surface area contributed by atoms with Crippen LogP contribution in [0, 0.1) is 0 Å². The highest BCUT2D eigenvalue weighted by molar-refractivity contribution is 7.90. The maximum Gasteiger partial charge on any atom is 0.251 e. The van der Waals surface area contributed by atoms with Crippen molar-refractivity contribution >= 4 is 21.5 Å². The fourth-order valence-electron chi connectivity index (χ4n) is 5.12. The number of nitrogens with one attached hydrogen (secondary N) is 1. The molecule has 5 rings (SSSR count). The summed E-state index contributed by atoms with van der Waals surface area (Å²) in [6.45, 7) is 1.18. The molecule has 0 aliphatic heterocycles. The molecule has 0 saturated heterocycles. The Balaban J connectivity index is 1.48. The van der Waals surface area contributed by atoms with Crippen molar-refractivity contribution in [3.05, 3.63) is 113 Å². The summed E-state index contributed by atoms with van der Waals surface area (Å²) >= 11 is 0. The van der Waals surface area contributed by atoms with Crippen molar-refractivity contribution in [3.8, 4) is 5.75 Å². The van der Waals surface area contributed by atoms with Gasteiger partial charge in [0.15, 0.2) is 15.6 Å². The number of Topliss-reactive ketones (excluding diaryl/α,β-unsaturated/α-hetero) is 1. The third-order valence-corrected chi connectivity index (χ3v) is 8.96. The molecule has 1 amide bonds. The van der Waals surface area contributed by atoms with Gasteiger partial charge in [0.2, 0.25) is 0 Å². The second-order valence-electron chi connectivity index (χ2n) is 10.2. The molecule has 42 heavy (non-hydrogen) atoms. The standard InChI is InChI=1S/C32H33N3O6S/c1-40-19-17-34-32(37)24-10-12-25(13-11-24)42(38,39)21-28-26-8-5-9-29(36)27(26)14-15-30(28)41-31(20-35-18-16-33-22-35)23-6-3-2-4-7-23/h2-4,6-7,10-16,18,22,31H,5,8-9,17,19-21H2,1H3,(H,34,37)/t31-/m1/s1. The molecular formula is C32H33N3O6S. The molecule has 0 radical (unpaired) electrons. The fourth-order valence-corrected chi connectivity index (χ4v) is 6.53. The molecule has 0 unspecified atom stereocenters. The van der Waals surface area contributed by atoms with Gasteiger partial charge in [-0.25, -0.2) is 13.4 Å². The van der Waals surface area contributed by atoms with Crippen molar-refractivity contribution in [2.24, 2.45) is 0 Å². The van der Waals surface area contributed by atoms with E-state index in [0.29, 0.717) is 61.4 Å². The van der Waals surface area contributed by atoms with Crippen LogP contribution in [0.25, 0.3) is 0 Å². The van der Waals surface area contributed by atoms with Crippen molar-refractivity contribution in [3.63, 3.8) is 0 Å². The summed E-state index contributed by atoms with van der Waals surface area (Å²) in [4.78, 5) is 29.4. The molecule has 218 valence electrons. The molecular weight excluding hydrogens is 554 g/mol. The fraction of sp³-hybridized carbons (Fsp3) is 0.281. The van der Waals surface area contributed by atoms with E-state index in [2.05, 4.69) is 10.3 Å². The number of ether oxygens (including phenoxy) is 2. The largest absolute Gasteiger partial charge is 0.484 e. The van der Waals surface area contributed by atoms with Gasteiger partial charge in [0.05, 0.1) is 30.1 Å². The predicted octanol–water partition coefficient (Wildman–Crippen LogP) is 4.57. The Morgan fingerprint density at radius 1 is 1.05 bits per heavy atom. The van der Waals surface area contributed by atoms with Crippen LogP contribution in [0.5, 0.6) is 5.75 Å². The molecule has 10 heteroatoms. The van der Waals surface area contributed by atoms with Crippen molar-refractivity contribution in [2.45, 2.75) is 42.6 Å². The van der Waals surface area contributed by atoms with Crippen LogP contribution in [-0.2, 0) is 33.3 Å². The van der Waals surface area contributed by atoms with Gasteiger partial charge in [-0.15, -0.1) is 0 Å². The number of nitrogens with zero attached hydrogens (tertiary/aromatic N) is 2. The predicted molar refractivity (Wildman–Crippen MR) is 157 cm³/mol. The molecule has 1 aliphatic rings. The first-order chi connectivity index (χ1) is 20.4. The van der Waals surface area contributed by atoms with Gasteiger partial charge in [-0.1, -0.05) is 30.3 Å². The summed E-state index contributed by atoms with van der Waals surface area (Å²) in [5, 5.41) is 2.72. The van der Waals surface area contributed by atoms with Crippen LogP contribution < -0.4 is 10.1 Å². The zero-order chi connectivity index (χ0) is 29.5. The van der Waals surface area contributed by atoms with Gasteiger partial charge in [0, 0.05) is 49.2 Å². The highest BCUT2D eigenvalue weighted by Crippen LogP contribution is 2.36. The molecule has 0 bridgehead atoms. The van der Waals surface area contributed by atoms with Gasteiger partial charge in [-0.05, 0) is 60.4 Å². The lowest BCUT2D eigenvalue weighted by Crippen LogP contribution is -2.26. The maximum atomic E-state index is 13.8. The molecule has 1 N–H and O–H groups in total. The zero-order valence-electron chi connectivity index (χ0n) is 23.4. The van der Waals surface area contributed by atoms with Crippen LogP contribution in [0.4, 0.5) is 0 Å². The molecule has 3 aromatic carbocycles. The van der Waals surface area contributed by atoms with Crippen molar-refractivity contribution < 1.29 is 27.5 Å². The Hall–Kier alpha value is -4.28. The summed E-state index contributed by atoms with van der Waals surface area (Å²) in [7, 11) is -2.31. The molecule has 1 aliphatic carbocycles. The van der Waals surface area contributed by atoms with E-state index in [1.807, 2.05) is 41.1 Å². The lowest BCUT2D eigenvalue weighted by Gasteiger charge is -2.25. The van der Waals surface area contributed by atoms with Gasteiger partial charge >= 0.3 is 0 Å². The van der Waals surface area contributed by atoms with E-state index in [1.54, 1.807) is 31.8 Å². The number of aromatic nitrogens is 2. The summed E-state index contributed by atoms with van der Waals surface area (Å²) in [5.74, 6) is -0.226. The lowest BCUT2D eigenvalue weighted by atomic mass is 9.87. The van der Waals surface area contributed by atoms with Gasteiger partial charge in [0.25, 0.3) is 5.91 Å². The number of fused-ring (bicyclic) bond motifs is 1. The zero-order valence-corrected chi connectivity index (χ0v) is 24.2. The summed E-state index contributed by atoms with van der Waals surface area (Å²) in [6.07, 6.45) is 6.47. The number of methoxy groups -OCH3 is 1. The normalized spacial score (nSPS) is 13.8. The van der Waals surface area contributed by atoms with Gasteiger partial charge in [0.1, 0.15) is 11.9 Å². The third-order valence-electron chi connectivity index (χ3n) is 7.30. The van der Waals surface area contributed by atoms with Crippen LogP contribution in [0.3, 0.4) is 0 Å². The smallest absolute Gasteiger partial charge is 0.251 e. The minimum absolute atomic E-state index is 0.00307. The number of imidazole rings is 1. The number of ketones is 1. The Bertz CT molecular complexity index is 1640. The topological polar surface area (TPSA) is 117 Å². The summed E-state index contributed by atoms with van der Waals surface area (Å²) < 4.78 is 41.0. The van der Waals surface area contributed by atoms with Crippen molar-refractivity contribution in [1.29, 1.82) is 0 Å². The Morgan fingerprint density at radius 2 is 1.83 bits per heavy atom. The van der Waals surface area contributed by atoms with Gasteiger partial charge < -0.3 is 19.4 Å². The number of hydrogen-bond donors (Lipinski definition) is 1. The number of sulfone groups is 1. The number of amides is 1. The number of hydrogen-bond acceptors (Lipinski definition) is 7. The van der Waals surface area contributed by atoms with E-state index in [0.717, 1.165) is 11.1 Å². The highest BCUT2D eigenvalue weighted by Gasteiger charge is 2.28. The number of rotatable bonds is 12. The molecule has 9 nitrogen and oxygen atoms in total. The molecule has 1 heterocycles. The molecule has 0 spiro atoms. The average molecular weight is 588 g/mol. The maximum absolute atomic E-state index is 13.8. The van der Waals surface area contributed by atoms with E-state index in [4.69, 9.17) is 9.47 Å². The SMILES string of the molecule is COCCNC(=O)c1ccc(S(=O)(=O)Cc2c(O[C@H](Cn3ccnc3)c3ccccc3)ccc3c2CCCC3=O)cc1. The number of carbonyl (C=O) groups is 2. The van der Waals surface area contributed by atoms with Crippen LogP contribution in [-0.4, -0.2) is 49.9 Å². The summed E-state index contributed by atoms with van der Waals surface area (Å²) in [5.41, 5.74) is 3.03. The molecule has 0 fully saturated rings. The number of carbonyl (C=O) groups excluding carboxylic acids is 2. The van der Waals surface area contributed by atoms with Crippen molar-refractivity contribution in [2.75, 3.05) is 20.3 Å². The van der Waals surface area contributed by atoms with E-state index >= 15 is 0 Å². The second-order valence-corrected chi connectivity index (χ2v) is 12.1. The first kappa shape index (κ1) is 29.2. The van der Waals surface area contributed by atoms with Crippen LogP contribution in [0.1, 0.15) is 56.4 Å². The van der Waals surface area contributed by atoms with E-state index in [1.165, 1.54) is 24.3 Å². The molecule has 4 aromatic rings. The molecule has 0 saturated carbocycles. The lowest BCUT2D eigenvalue weighted by molar-refractivity contribution is 0.0935. The Labute approximate surface area is 245 Å². The minimum Gasteiger partial charge on any atom is -0.484 e. The van der Waals surface area contributed by atoms with Gasteiger partial charge in [-0.2, -0.15) is 0 Å². The monoisotopic (exact) mass is 587 g/mol. The number of benzene rings is 3. The van der Waals surface area contributed by atoms with E-state index < -0.39 is 15.9 Å². The molecule has 1 aromatic heterocycles. The quantitative estimate of drug-likeness (QED) is 0.241. The van der Waals surface area contributed by atoms with Crippen LogP contribution in [0.15, 0.2) is 90.3 Å².